The van der Waals surface area contributed by atoms with Gasteiger partial charge in [-0.1, -0.05) is 42.8 Å². The first-order valence-corrected chi connectivity index (χ1v) is 10.0. The van der Waals surface area contributed by atoms with Crippen LogP contribution in [0.15, 0.2) is 53.4 Å². The quantitative estimate of drug-likeness (QED) is 0.722. The molecule has 0 heterocycles. The fourth-order valence-electron chi connectivity index (χ4n) is 2.45. The molecule has 0 atom stereocenters. The highest BCUT2D eigenvalue weighted by molar-refractivity contribution is 7.89. The Morgan fingerprint density at radius 1 is 1.11 bits per heavy atom. The molecule has 2 rings (SSSR count). The Morgan fingerprint density at radius 3 is 2.29 bits per heavy atom. The summed E-state index contributed by atoms with van der Waals surface area (Å²) < 4.78 is 65.6. The molecule has 0 aromatic heterocycles. The molecule has 0 aliphatic carbocycles. The lowest BCUT2D eigenvalue weighted by molar-refractivity contribution is -0.139. The van der Waals surface area contributed by atoms with Gasteiger partial charge in [0.25, 0.3) is 0 Å². The molecule has 0 radical (unpaired) electrons. The van der Waals surface area contributed by atoms with Crippen LogP contribution >= 0.6 is 11.6 Å². The van der Waals surface area contributed by atoms with Gasteiger partial charge in [-0.25, -0.2) is 8.42 Å². The number of halogens is 4. The van der Waals surface area contributed by atoms with Crippen molar-refractivity contribution in [2.75, 3.05) is 13.1 Å². The van der Waals surface area contributed by atoms with E-state index >= 15 is 0 Å². The van der Waals surface area contributed by atoms with Crippen LogP contribution in [0.5, 0.6) is 0 Å². The Balaban J connectivity index is 2.15. The minimum Gasteiger partial charge on any atom is -0.351 e. The lowest BCUT2D eigenvalue weighted by Gasteiger charge is -2.22. The molecule has 1 amide bonds. The number of hydrogen-bond donors (Lipinski definition) is 1. The average Bonchev–Trinajstić information content (AvgIpc) is 2.64. The van der Waals surface area contributed by atoms with Crippen LogP contribution < -0.4 is 5.32 Å². The molecule has 2 aromatic carbocycles. The summed E-state index contributed by atoms with van der Waals surface area (Å²) >= 11 is 5.77. The van der Waals surface area contributed by atoms with Crippen molar-refractivity contribution in [3.05, 3.63) is 64.7 Å². The van der Waals surface area contributed by atoms with Crippen molar-refractivity contribution in [2.45, 2.75) is 24.5 Å². The molecule has 0 unspecified atom stereocenters. The summed E-state index contributed by atoms with van der Waals surface area (Å²) in [4.78, 5) is 11.3. The number of amides is 1. The minimum atomic E-state index is -4.83. The van der Waals surface area contributed by atoms with Gasteiger partial charge < -0.3 is 5.32 Å². The van der Waals surface area contributed by atoms with E-state index in [1.54, 1.807) is 24.3 Å². The highest BCUT2D eigenvalue weighted by Gasteiger charge is 2.38. The average molecular weight is 435 g/mol. The smallest absolute Gasteiger partial charge is 0.351 e. The van der Waals surface area contributed by atoms with Gasteiger partial charge in [-0.2, -0.15) is 17.5 Å². The zero-order valence-electron chi connectivity index (χ0n) is 14.8. The van der Waals surface area contributed by atoms with E-state index in [0.29, 0.717) is 15.4 Å². The third-order valence-electron chi connectivity index (χ3n) is 3.89. The van der Waals surface area contributed by atoms with Crippen molar-refractivity contribution < 1.29 is 26.4 Å². The number of likely N-dealkylation sites (N-methyl/N-ethyl adjacent to an activating group) is 1. The molecule has 10 heteroatoms. The SMILES string of the molecule is CCN(CC(=O)NCc1ccc(Cl)cc1)S(=O)(=O)c1ccccc1C(F)(F)F. The summed E-state index contributed by atoms with van der Waals surface area (Å²) in [5, 5.41) is 3.07. The second-order valence-electron chi connectivity index (χ2n) is 5.83. The number of sulfonamides is 1. The van der Waals surface area contributed by atoms with Crippen molar-refractivity contribution in [1.82, 2.24) is 9.62 Å². The van der Waals surface area contributed by atoms with Gasteiger partial charge >= 0.3 is 6.18 Å². The van der Waals surface area contributed by atoms with Crippen molar-refractivity contribution in [1.29, 1.82) is 0 Å². The van der Waals surface area contributed by atoms with Crippen LogP contribution in [-0.4, -0.2) is 31.7 Å². The molecule has 0 spiro atoms. The maximum Gasteiger partial charge on any atom is 0.417 e. The molecule has 1 N–H and O–H groups in total. The largest absolute Gasteiger partial charge is 0.417 e. The van der Waals surface area contributed by atoms with Crippen LogP contribution in [0.3, 0.4) is 0 Å². The Labute approximate surface area is 166 Å². The number of hydrogen-bond acceptors (Lipinski definition) is 3. The normalized spacial score (nSPS) is 12.2. The highest BCUT2D eigenvalue weighted by atomic mass is 35.5. The first kappa shape index (κ1) is 22.2. The number of carbonyl (C=O) groups is 1. The zero-order valence-corrected chi connectivity index (χ0v) is 16.4. The second kappa shape index (κ2) is 8.93. The fraction of sp³-hybridized carbons (Fsp3) is 0.278. The van der Waals surface area contributed by atoms with Crippen molar-refractivity contribution in [3.8, 4) is 0 Å². The predicted octanol–water partition coefficient (Wildman–Crippen LogP) is 3.69. The third-order valence-corrected chi connectivity index (χ3v) is 6.12. The van der Waals surface area contributed by atoms with Crippen molar-refractivity contribution in [3.63, 3.8) is 0 Å². The Hall–Kier alpha value is -2.10. The maximum atomic E-state index is 13.2. The number of benzene rings is 2. The topological polar surface area (TPSA) is 66.5 Å². The predicted molar refractivity (Wildman–Crippen MR) is 99.2 cm³/mol. The molecule has 5 nitrogen and oxygen atoms in total. The van der Waals surface area contributed by atoms with Gasteiger partial charge in [0.05, 0.1) is 17.0 Å². The van der Waals surface area contributed by atoms with E-state index in [-0.39, 0.29) is 13.1 Å². The molecular formula is C18H18ClF3N2O3S. The zero-order chi connectivity index (χ0) is 20.9. The second-order valence-corrected chi connectivity index (χ2v) is 8.17. The summed E-state index contributed by atoms with van der Waals surface area (Å²) in [7, 11) is -4.51. The molecule has 0 saturated heterocycles. The van der Waals surface area contributed by atoms with Gasteiger partial charge in [-0.15, -0.1) is 0 Å². The van der Waals surface area contributed by atoms with Crippen molar-refractivity contribution >= 4 is 27.5 Å². The first-order valence-electron chi connectivity index (χ1n) is 8.23. The standard InChI is InChI=1S/C18H18ClF3N2O3S/c1-2-24(12-17(25)23-11-13-7-9-14(19)10-8-13)28(26,27)16-6-4-3-5-15(16)18(20,21)22/h3-10H,2,11-12H2,1H3,(H,23,25). The maximum absolute atomic E-state index is 13.2. The van der Waals surface area contributed by atoms with Crippen LogP contribution in [0.2, 0.25) is 5.02 Å². The highest BCUT2D eigenvalue weighted by Crippen LogP contribution is 2.35. The molecule has 152 valence electrons. The molecular weight excluding hydrogens is 417 g/mol. The lowest BCUT2D eigenvalue weighted by Crippen LogP contribution is -2.40. The number of nitrogens with one attached hydrogen (secondary N) is 1. The fourth-order valence-corrected chi connectivity index (χ4v) is 4.19. The number of alkyl halides is 3. The summed E-state index contributed by atoms with van der Waals surface area (Å²) in [6.45, 7) is 0.814. The molecule has 0 saturated carbocycles. The van der Waals surface area contributed by atoms with Crippen LogP contribution in [-0.2, 0) is 27.5 Å². The van der Waals surface area contributed by atoms with Crippen LogP contribution in [0, 0.1) is 0 Å². The molecule has 0 fully saturated rings. The minimum absolute atomic E-state index is 0.132. The molecule has 28 heavy (non-hydrogen) atoms. The van der Waals surface area contributed by atoms with Gasteiger partial charge in [-0.05, 0) is 29.8 Å². The molecule has 0 bridgehead atoms. The van der Waals surface area contributed by atoms with Gasteiger partial charge in [0.15, 0.2) is 0 Å². The Bertz CT molecular complexity index is 932. The summed E-state index contributed by atoms with van der Waals surface area (Å²) in [6, 6.07) is 10.5. The van der Waals surface area contributed by atoms with Gasteiger partial charge in [-0.3, -0.25) is 4.79 Å². The van der Waals surface area contributed by atoms with Gasteiger partial charge in [0.1, 0.15) is 0 Å². The number of rotatable bonds is 7. The molecule has 0 aliphatic heterocycles. The van der Waals surface area contributed by atoms with Gasteiger partial charge in [0.2, 0.25) is 15.9 Å². The van der Waals surface area contributed by atoms with E-state index in [1.165, 1.54) is 13.0 Å². The van der Waals surface area contributed by atoms with E-state index in [1.807, 2.05) is 0 Å². The van der Waals surface area contributed by atoms with E-state index in [9.17, 15) is 26.4 Å². The van der Waals surface area contributed by atoms with Crippen LogP contribution in [0.4, 0.5) is 13.2 Å². The van der Waals surface area contributed by atoms with E-state index in [4.69, 9.17) is 11.6 Å². The lowest BCUT2D eigenvalue weighted by atomic mass is 10.2. The summed E-state index contributed by atoms with van der Waals surface area (Å²) in [5.41, 5.74) is -0.527. The summed E-state index contributed by atoms with van der Waals surface area (Å²) in [5.74, 6) is -0.634. The van der Waals surface area contributed by atoms with Crippen molar-refractivity contribution in [2.24, 2.45) is 0 Å². The van der Waals surface area contributed by atoms with Gasteiger partial charge in [0, 0.05) is 18.1 Å². The monoisotopic (exact) mass is 434 g/mol. The molecule has 2 aromatic rings. The summed E-state index contributed by atoms with van der Waals surface area (Å²) in [6.07, 6.45) is -4.83. The molecule has 0 aliphatic rings. The third kappa shape index (κ3) is 5.46. The van der Waals surface area contributed by atoms with E-state index in [0.717, 1.165) is 17.7 Å². The van der Waals surface area contributed by atoms with Crippen LogP contribution in [0.25, 0.3) is 0 Å². The Kier molecular flexibility index (Phi) is 7.08. The Morgan fingerprint density at radius 2 is 1.71 bits per heavy atom. The first-order chi connectivity index (χ1) is 13.1. The van der Waals surface area contributed by atoms with E-state index in [2.05, 4.69) is 5.32 Å². The number of nitrogens with zero attached hydrogens (tertiary/aromatic N) is 1. The number of carbonyl (C=O) groups excluding carboxylic acids is 1. The van der Waals surface area contributed by atoms with E-state index < -0.39 is 39.1 Å². The van der Waals surface area contributed by atoms with Crippen LogP contribution in [0.1, 0.15) is 18.1 Å².